The fourth-order valence-electron chi connectivity index (χ4n) is 2.58. The number of carbonyl (C=O) groups is 3. The van der Waals surface area contributed by atoms with Crippen LogP contribution in [0.25, 0.3) is 0 Å². The number of hydrogen-bond acceptors (Lipinski definition) is 5. The van der Waals surface area contributed by atoms with Crippen molar-refractivity contribution in [3.63, 3.8) is 0 Å². The summed E-state index contributed by atoms with van der Waals surface area (Å²) in [5.41, 5.74) is 7.67. The van der Waals surface area contributed by atoms with E-state index in [9.17, 15) is 19.5 Å². The van der Waals surface area contributed by atoms with E-state index in [4.69, 9.17) is 5.73 Å². The van der Waals surface area contributed by atoms with Crippen molar-refractivity contribution >= 4 is 17.7 Å². The molecule has 2 aromatic carbocycles. The van der Waals surface area contributed by atoms with Crippen molar-refractivity contribution < 1.29 is 19.5 Å². The van der Waals surface area contributed by atoms with Crippen LogP contribution in [0.5, 0.6) is 5.75 Å². The molecule has 28 heavy (non-hydrogen) atoms. The third-order valence-corrected chi connectivity index (χ3v) is 4.23. The molecular formula is C21H25N3O4. The standard InChI is InChI=1S/C21H25N3O4/c1-14(20(27)24-19(26)12-9-15-5-3-2-4-6-15)23-21(28)18(22)13-16-7-10-17(25)11-8-16/h2-8,10-11,14,18,25H,9,12-13,22H2,1H3,(H,23,28)(H,24,26,27)/t14-,18-/m0/s1. The third-order valence-electron chi connectivity index (χ3n) is 4.23. The molecule has 7 heteroatoms. The van der Waals surface area contributed by atoms with Gasteiger partial charge in [-0.3, -0.25) is 19.7 Å². The molecule has 0 unspecified atom stereocenters. The van der Waals surface area contributed by atoms with Crippen LogP contribution in [0.1, 0.15) is 24.5 Å². The van der Waals surface area contributed by atoms with Crippen LogP contribution in [0.3, 0.4) is 0 Å². The Bertz CT molecular complexity index is 806. The molecule has 0 aliphatic heterocycles. The van der Waals surface area contributed by atoms with E-state index in [0.29, 0.717) is 6.42 Å². The molecule has 0 saturated carbocycles. The van der Waals surface area contributed by atoms with Gasteiger partial charge in [0.15, 0.2) is 0 Å². The number of carbonyl (C=O) groups excluding carboxylic acids is 3. The molecule has 0 radical (unpaired) electrons. The molecular weight excluding hydrogens is 358 g/mol. The summed E-state index contributed by atoms with van der Waals surface area (Å²) in [6.07, 6.45) is 0.964. The summed E-state index contributed by atoms with van der Waals surface area (Å²) in [5.74, 6) is -1.34. The van der Waals surface area contributed by atoms with Gasteiger partial charge in [-0.2, -0.15) is 0 Å². The number of aromatic hydroxyl groups is 1. The fraction of sp³-hybridized carbons (Fsp3) is 0.286. The lowest BCUT2D eigenvalue weighted by atomic mass is 10.1. The van der Waals surface area contributed by atoms with Gasteiger partial charge in [0, 0.05) is 6.42 Å². The van der Waals surface area contributed by atoms with E-state index in [-0.39, 0.29) is 18.6 Å². The minimum absolute atomic E-state index is 0.129. The van der Waals surface area contributed by atoms with Crippen LogP contribution >= 0.6 is 0 Å². The molecule has 7 nitrogen and oxygen atoms in total. The van der Waals surface area contributed by atoms with Gasteiger partial charge in [-0.1, -0.05) is 42.5 Å². The molecule has 0 saturated heterocycles. The summed E-state index contributed by atoms with van der Waals surface area (Å²) in [5, 5.41) is 14.1. The topological polar surface area (TPSA) is 122 Å². The fourth-order valence-corrected chi connectivity index (χ4v) is 2.58. The van der Waals surface area contributed by atoms with E-state index in [2.05, 4.69) is 10.6 Å². The molecule has 2 atom stereocenters. The lowest BCUT2D eigenvalue weighted by Gasteiger charge is -2.17. The van der Waals surface area contributed by atoms with Gasteiger partial charge in [0.05, 0.1) is 6.04 Å². The van der Waals surface area contributed by atoms with Gasteiger partial charge in [-0.15, -0.1) is 0 Å². The number of phenols is 1. The first kappa shape index (κ1) is 21.1. The van der Waals surface area contributed by atoms with Gasteiger partial charge in [0.2, 0.25) is 17.7 Å². The highest BCUT2D eigenvalue weighted by atomic mass is 16.3. The van der Waals surface area contributed by atoms with E-state index in [1.165, 1.54) is 19.1 Å². The largest absolute Gasteiger partial charge is 0.508 e. The SMILES string of the molecule is C[C@H](NC(=O)[C@@H](N)Cc1ccc(O)cc1)C(=O)NC(=O)CCc1ccccc1. The Labute approximate surface area is 163 Å². The zero-order valence-corrected chi connectivity index (χ0v) is 15.7. The normalized spacial score (nSPS) is 12.6. The number of rotatable bonds is 8. The Morgan fingerprint density at radius 2 is 1.61 bits per heavy atom. The van der Waals surface area contributed by atoms with Crippen LogP contribution in [-0.4, -0.2) is 34.9 Å². The summed E-state index contributed by atoms with van der Waals surface area (Å²) in [4.78, 5) is 36.2. The van der Waals surface area contributed by atoms with E-state index >= 15 is 0 Å². The zero-order valence-electron chi connectivity index (χ0n) is 15.7. The number of phenolic OH excluding ortho intramolecular Hbond substituents is 1. The molecule has 0 bridgehead atoms. The van der Waals surface area contributed by atoms with Gasteiger partial charge in [0.1, 0.15) is 11.8 Å². The Hall–Kier alpha value is -3.19. The monoisotopic (exact) mass is 383 g/mol. The van der Waals surface area contributed by atoms with Gasteiger partial charge >= 0.3 is 0 Å². The highest BCUT2D eigenvalue weighted by Gasteiger charge is 2.21. The molecule has 0 aliphatic rings. The van der Waals surface area contributed by atoms with Crippen molar-refractivity contribution in [1.29, 1.82) is 0 Å². The third kappa shape index (κ3) is 6.85. The van der Waals surface area contributed by atoms with Crippen LogP contribution in [0.15, 0.2) is 54.6 Å². The zero-order chi connectivity index (χ0) is 20.5. The molecule has 0 aromatic heterocycles. The first-order chi connectivity index (χ1) is 13.3. The van der Waals surface area contributed by atoms with Crippen LogP contribution in [0, 0.1) is 0 Å². The number of imide groups is 1. The number of aryl methyl sites for hydroxylation is 1. The molecule has 5 N–H and O–H groups in total. The Morgan fingerprint density at radius 3 is 2.25 bits per heavy atom. The van der Waals surface area contributed by atoms with E-state index < -0.39 is 29.8 Å². The van der Waals surface area contributed by atoms with Crippen molar-refractivity contribution in [3.8, 4) is 5.75 Å². The van der Waals surface area contributed by atoms with Gasteiger partial charge < -0.3 is 16.2 Å². The summed E-state index contributed by atoms with van der Waals surface area (Å²) in [6.45, 7) is 1.49. The van der Waals surface area contributed by atoms with Gasteiger partial charge in [0.25, 0.3) is 0 Å². The molecule has 0 heterocycles. The first-order valence-electron chi connectivity index (χ1n) is 9.06. The van der Waals surface area contributed by atoms with E-state index in [1.807, 2.05) is 30.3 Å². The smallest absolute Gasteiger partial charge is 0.248 e. The van der Waals surface area contributed by atoms with Crippen LogP contribution in [-0.2, 0) is 27.2 Å². The second-order valence-corrected chi connectivity index (χ2v) is 6.61. The summed E-state index contributed by atoms with van der Waals surface area (Å²) < 4.78 is 0. The minimum Gasteiger partial charge on any atom is -0.508 e. The van der Waals surface area contributed by atoms with Crippen LogP contribution < -0.4 is 16.4 Å². The highest BCUT2D eigenvalue weighted by Crippen LogP contribution is 2.11. The van der Waals surface area contributed by atoms with Gasteiger partial charge in [-0.25, -0.2) is 0 Å². The number of nitrogens with two attached hydrogens (primary N) is 1. The maximum Gasteiger partial charge on any atom is 0.248 e. The van der Waals surface area contributed by atoms with Crippen molar-refractivity contribution in [2.24, 2.45) is 5.73 Å². The maximum atomic E-state index is 12.2. The number of nitrogens with one attached hydrogen (secondary N) is 2. The number of amides is 3. The average Bonchev–Trinajstić information content (AvgIpc) is 2.68. The molecule has 2 aromatic rings. The summed E-state index contributed by atoms with van der Waals surface area (Å²) in [7, 11) is 0. The second kappa shape index (κ2) is 10.2. The van der Waals surface area contributed by atoms with E-state index in [0.717, 1.165) is 11.1 Å². The first-order valence-corrected chi connectivity index (χ1v) is 9.06. The highest BCUT2D eigenvalue weighted by molar-refractivity contribution is 5.99. The predicted octanol–water partition coefficient (Wildman–Crippen LogP) is 1.04. The van der Waals surface area contributed by atoms with Crippen LogP contribution in [0.2, 0.25) is 0 Å². The van der Waals surface area contributed by atoms with E-state index in [1.54, 1.807) is 12.1 Å². The maximum absolute atomic E-state index is 12.2. The van der Waals surface area contributed by atoms with Crippen molar-refractivity contribution in [2.75, 3.05) is 0 Å². The Morgan fingerprint density at radius 1 is 0.964 bits per heavy atom. The van der Waals surface area contributed by atoms with Crippen LogP contribution in [0.4, 0.5) is 0 Å². The van der Waals surface area contributed by atoms with Crippen molar-refractivity contribution in [3.05, 3.63) is 65.7 Å². The second-order valence-electron chi connectivity index (χ2n) is 6.61. The van der Waals surface area contributed by atoms with Crippen molar-refractivity contribution in [2.45, 2.75) is 38.3 Å². The Balaban J connectivity index is 1.76. The molecule has 0 aliphatic carbocycles. The predicted molar refractivity (Wildman–Crippen MR) is 105 cm³/mol. The molecule has 0 fully saturated rings. The quantitative estimate of drug-likeness (QED) is 0.543. The molecule has 148 valence electrons. The molecule has 2 rings (SSSR count). The lowest BCUT2D eigenvalue weighted by molar-refractivity contribution is -0.134. The lowest BCUT2D eigenvalue weighted by Crippen LogP contribution is -2.51. The number of hydrogen-bond donors (Lipinski definition) is 4. The van der Waals surface area contributed by atoms with Crippen molar-refractivity contribution in [1.82, 2.24) is 10.6 Å². The Kier molecular flexibility index (Phi) is 7.71. The summed E-state index contributed by atoms with van der Waals surface area (Å²) >= 11 is 0. The summed E-state index contributed by atoms with van der Waals surface area (Å²) in [6, 6.07) is 14.1. The average molecular weight is 383 g/mol. The molecule has 3 amide bonds. The number of benzene rings is 2. The molecule has 0 spiro atoms. The minimum atomic E-state index is -0.890. The van der Waals surface area contributed by atoms with Gasteiger partial charge in [-0.05, 0) is 43.0 Å².